The number of carbonyl (C=O) groups excluding carboxylic acids is 1. The van der Waals surface area contributed by atoms with Crippen molar-refractivity contribution < 1.29 is 9.90 Å². The smallest absolute Gasteiger partial charge is 0.239 e. The molecule has 1 saturated carbocycles. The second kappa shape index (κ2) is 6.47. The van der Waals surface area contributed by atoms with Crippen molar-refractivity contribution in [2.24, 2.45) is 0 Å². The molecule has 0 aliphatic heterocycles. The van der Waals surface area contributed by atoms with Crippen LogP contribution in [0.1, 0.15) is 25.7 Å². The van der Waals surface area contributed by atoms with Crippen LogP contribution in [0.5, 0.6) is 0 Å². The van der Waals surface area contributed by atoms with E-state index in [1.807, 2.05) is 0 Å². The molecule has 1 heterocycles. The lowest BCUT2D eigenvalue weighted by molar-refractivity contribution is -0.121. The van der Waals surface area contributed by atoms with E-state index in [1.54, 1.807) is 30.4 Å². The minimum atomic E-state index is -0.420. The van der Waals surface area contributed by atoms with Crippen LogP contribution in [0.25, 0.3) is 0 Å². The second-order valence-electron chi connectivity index (χ2n) is 4.93. The minimum absolute atomic E-state index is 0.110. The van der Waals surface area contributed by atoms with Gasteiger partial charge >= 0.3 is 0 Å². The Morgan fingerprint density at radius 3 is 2.79 bits per heavy atom. The lowest BCUT2D eigenvalue weighted by atomic mass is 9.92. The Morgan fingerprint density at radius 1 is 1.42 bits per heavy atom. The number of carbonyl (C=O) groups is 1. The normalized spacial score (nSPS) is 22.8. The number of aromatic nitrogens is 2. The number of hydrogen-bond donors (Lipinski definition) is 2. The van der Waals surface area contributed by atoms with Crippen LogP contribution >= 0.6 is 0 Å². The van der Waals surface area contributed by atoms with Crippen LogP contribution in [-0.4, -0.2) is 46.7 Å². The predicted octanol–water partition coefficient (Wildman–Crippen LogP) is 0.332. The number of likely N-dealkylation sites (N-methyl/N-ethyl adjacent to an activating group) is 1. The standard InChI is InChI=1S/C13H20N4O2/c1-17(13-14-7-4-8-15-13)9-12(19)16-10-5-2-3-6-11(10)18/h4,7-8,10-11,18H,2-3,5-6,9H2,1H3,(H,16,19)/t10-,11-/m1/s1. The lowest BCUT2D eigenvalue weighted by Crippen LogP contribution is -2.48. The van der Waals surface area contributed by atoms with Crippen LogP contribution in [0.15, 0.2) is 18.5 Å². The van der Waals surface area contributed by atoms with E-state index in [1.165, 1.54) is 0 Å². The number of rotatable bonds is 4. The molecule has 2 atom stereocenters. The molecule has 1 aliphatic carbocycles. The quantitative estimate of drug-likeness (QED) is 0.819. The largest absolute Gasteiger partial charge is 0.391 e. The molecule has 19 heavy (non-hydrogen) atoms. The van der Waals surface area contributed by atoms with Crippen molar-refractivity contribution in [3.8, 4) is 0 Å². The fourth-order valence-electron chi connectivity index (χ4n) is 2.31. The zero-order valence-electron chi connectivity index (χ0n) is 11.1. The van der Waals surface area contributed by atoms with Gasteiger partial charge in [-0.05, 0) is 18.9 Å². The highest BCUT2D eigenvalue weighted by atomic mass is 16.3. The summed E-state index contributed by atoms with van der Waals surface area (Å²) in [7, 11) is 1.77. The summed E-state index contributed by atoms with van der Waals surface area (Å²) >= 11 is 0. The molecule has 1 aromatic rings. The molecule has 0 unspecified atom stereocenters. The van der Waals surface area contributed by atoms with Crippen molar-refractivity contribution in [3.05, 3.63) is 18.5 Å². The summed E-state index contributed by atoms with van der Waals surface area (Å²) < 4.78 is 0. The third-order valence-corrected chi connectivity index (χ3v) is 3.35. The Labute approximate surface area is 112 Å². The summed E-state index contributed by atoms with van der Waals surface area (Å²) in [5.74, 6) is 0.405. The summed E-state index contributed by atoms with van der Waals surface area (Å²) in [4.78, 5) is 21.8. The number of aliphatic hydroxyl groups is 1. The summed E-state index contributed by atoms with van der Waals surface area (Å²) in [6, 6.07) is 1.61. The maximum Gasteiger partial charge on any atom is 0.239 e. The minimum Gasteiger partial charge on any atom is -0.391 e. The van der Waals surface area contributed by atoms with Crippen LogP contribution in [0.2, 0.25) is 0 Å². The molecule has 2 N–H and O–H groups in total. The van der Waals surface area contributed by atoms with Crippen LogP contribution in [-0.2, 0) is 4.79 Å². The average molecular weight is 264 g/mol. The summed E-state index contributed by atoms with van der Waals surface area (Å²) in [6.07, 6.45) is 6.56. The van der Waals surface area contributed by atoms with Crippen molar-refractivity contribution in [2.45, 2.75) is 37.8 Å². The van der Waals surface area contributed by atoms with Gasteiger partial charge in [0.1, 0.15) is 0 Å². The van der Waals surface area contributed by atoms with Gasteiger partial charge in [0, 0.05) is 19.4 Å². The van der Waals surface area contributed by atoms with Crippen LogP contribution < -0.4 is 10.2 Å². The Morgan fingerprint density at radius 2 is 2.11 bits per heavy atom. The molecule has 6 nitrogen and oxygen atoms in total. The first-order valence-electron chi connectivity index (χ1n) is 6.62. The van der Waals surface area contributed by atoms with E-state index in [2.05, 4.69) is 15.3 Å². The van der Waals surface area contributed by atoms with E-state index in [9.17, 15) is 9.90 Å². The Hall–Kier alpha value is -1.69. The highest BCUT2D eigenvalue weighted by Crippen LogP contribution is 2.18. The first-order valence-corrected chi connectivity index (χ1v) is 6.62. The molecule has 1 amide bonds. The van der Waals surface area contributed by atoms with Gasteiger partial charge < -0.3 is 15.3 Å². The molecular formula is C13H20N4O2. The maximum atomic E-state index is 11.9. The van der Waals surface area contributed by atoms with Gasteiger partial charge in [-0.1, -0.05) is 12.8 Å². The van der Waals surface area contributed by atoms with Crippen molar-refractivity contribution >= 4 is 11.9 Å². The molecular weight excluding hydrogens is 244 g/mol. The van der Waals surface area contributed by atoms with Crippen LogP contribution in [0.4, 0.5) is 5.95 Å². The van der Waals surface area contributed by atoms with Crippen molar-refractivity contribution in [1.29, 1.82) is 0 Å². The first kappa shape index (κ1) is 13.7. The third kappa shape index (κ3) is 3.89. The number of hydrogen-bond acceptors (Lipinski definition) is 5. The molecule has 1 aliphatic rings. The van der Waals surface area contributed by atoms with Gasteiger partial charge in [0.15, 0.2) is 0 Å². The van der Waals surface area contributed by atoms with Crippen molar-refractivity contribution in [3.63, 3.8) is 0 Å². The number of nitrogens with one attached hydrogen (secondary N) is 1. The Kier molecular flexibility index (Phi) is 4.68. The van der Waals surface area contributed by atoms with E-state index in [0.29, 0.717) is 5.95 Å². The zero-order chi connectivity index (χ0) is 13.7. The van der Waals surface area contributed by atoms with E-state index in [-0.39, 0.29) is 18.5 Å². The van der Waals surface area contributed by atoms with Gasteiger partial charge in [0.05, 0.1) is 18.7 Å². The molecule has 2 rings (SSSR count). The number of amides is 1. The lowest BCUT2D eigenvalue weighted by Gasteiger charge is -2.29. The number of aliphatic hydroxyl groups excluding tert-OH is 1. The molecule has 0 bridgehead atoms. The fraction of sp³-hybridized carbons (Fsp3) is 0.615. The van der Waals surface area contributed by atoms with E-state index < -0.39 is 6.10 Å². The molecule has 0 radical (unpaired) electrons. The summed E-state index contributed by atoms with van der Waals surface area (Å²) in [6.45, 7) is 0.188. The van der Waals surface area contributed by atoms with Crippen LogP contribution in [0.3, 0.4) is 0 Å². The maximum absolute atomic E-state index is 11.9. The molecule has 0 saturated heterocycles. The first-order chi connectivity index (χ1) is 9.16. The Balaban J connectivity index is 1.84. The molecule has 0 aromatic carbocycles. The fourth-order valence-corrected chi connectivity index (χ4v) is 2.31. The van der Waals surface area contributed by atoms with Crippen molar-refractivity contribution in [1.82, 2.24) is 15.3 Å². The van der Waals surface area contributed by atoms with Gasteiger partial charge in [-0.3, -0.25) is 4.79 Å². The van der Waals surface area contributed by atoms with Gasteiger partial charge in [-0.15, -0.1) is 0 Å². The highest BCUT2D eigenvalue weighted by molar-refractivity contribution is 5.80. The Bertz CT molecular complexity index is 412. The average Bonchev–Trinajstić information content (AvgIpc) is 2.42. The van der Waals surface area contributed by atoms with Crippen LogP contribution in [0, 0.1) is 0 Å². The topological polar surface area (TPSA) is 78.4 Å². The zero-order valence-corrected chi connectivity index (χ0v) is 11.1. The van der Waals surface area contributed by atoms with Crippen molar-refractivity contribution in [2.75, 3.05) is 18.5 Å². The number of anilines is 1. The summed E-state index contributed by atoms with van der Waals surface area (Å²) in [5, 5.41) is 12.7. The molecule has 0 spiro atoms. The monoisotopic (exact) mass is 264 g/mol. The predicted molar refractivity (Wildman–Crippen MR) is 71.7 cm³/mol. The molecule has 1 aromatic heterocycles. The molecule has 6 heteroatoms. The molecule has 1 fully saturated rings. The highest BCUT2D eigenvalue weighted by Gasteiger charge is 2.24. The summed E-state index contributed by atoms with van der Waals surface area (Å²) in [5.41, 5.74) is 0. The van der Waals surface area contributed by atoms with Gasteiger partial charge in [0.2, 0.25) is 11.9 Å². The SMILES string of the molecule is CN(CC(=O)N[C@@H]1CCCC[C@H]1O)c1ncccn1. The van der Waals surface area contributed by atoms with E-state index in [0.717, 1.165) is 25.7 Å². The second-order valence-corrected chi connectivity index (χ2v) is 4.93. The number of nitrogens with zero attached hydrogens (tertiary/aromatic N) is 3. The third-order valence-electron chi connectivity index (χ3n) is 3.35. The van der Waals surface area contributed by atoms with Gasteiger partial charge in [0.25, 0.3) is 0 Å². The molecule has 104 valence electrons. The van der Waals surface area contributed by atoms with E-state index in [4.69, 9.17) is 0 Å². The van der Waals surface area contributed by atoms with E-state index >= 15 is 0 Å². The van der Waals surface area contributed by atoms with Gasteiger partial charge in [-0.25, -0.2) is 9.97 Å². The van der Waals surface area contributed by atoms with Gasteiger partial charge in [-0.2, -0.15) is 0 Å².